The minimum atomic E-state index is 0.350. The largest absolute Gasteiger partial charge is 0.497 e. The van der Waals surface area contributed by atoms with E-state index in [0.29, 0.717) is 10.9 Å². The van der Waals surface area contributed by atoms with Crippen LogP contribution >= 0.6 is 11.8 Å². The molecule has 17 heavy (non-hydrogen) atoms. The highest BCUT2D eigenvalue weighted by atomic mass is 32.2. The van der Waals surface area contributed by atoms with E-state index in [0.717, 1.165) is 11.4 Å². The Morgan fingerprint density at radius 2 is 2.41 bits per heavy atom. The summed E-state index contributed by atoms with van der Waals surface area (Å²) < 4.78 is 6.98. The van der Waals surface area contributed by atoms with Crippen LogP contribution in [0, 0.1) is 11.3 Å². The van der Waals surface area contributed by atoms with Gasteiger partial charge < -0.3 is 4.74 Å². The van der Waals surface area contributed by atoms with Crippen LogP contribution in [0.2, 0.25) is 0 Å². The Kier molecular flexibility index (Phi) is 3.62. The molecule has 0 saturated carbocycles. The van der Waals surface area contributed by atoms with Crippen LogP contribution in [0.5, 0.6) is 5.75 Å². The van der Waals surface area contributed by atoms with Crippen molar-refractivity contribution in [2.45, 2.75) is 5.16 Å². The number of thioether (sulfide) groups is 1. The zero-order valence-corrected chi connectivity index (χ0v) is 10.0. The van der Waals surface area contributed by atoms with E-state index in [-0.39, 0.29) is 0 Å². The Balaban J connectivity index is 2.32. The second-order valence-electron chi connectivity index (χ2n) is 3.13. The highest BCUT2D eigenvalue weighted by Gasteiger charge is 2.07. The summed E-state index contributed by atoms with van der Waals surface area (Å²) in [7, 11) is 1.62. The normalized spacial score (nSPS) is 9.88. The Labute approximate surface area is 103 Å². The van der Waals surface area contributed by atoms with Crippen molar-refractivity contribution in [3.8, 4) is 17.5 Å². The van der Waals surface area contributed by atoms with Gasteiger partial charge in [-0.05, 0) is 12.1 Å². The van der Waals surface area contributed by atoms with Gasteiger partial charge in [0, 0.05) is 6.07 Å². The minimum absolute atomic E-state index is 0.350. The average molecular weight is 246 g/mol. The Hall–Kier alpha value is -2.00. The van der Waals surface area contributed by atoms with E-state index in [9.17, 15) is 0 Å². The lowest BCUT2D eigenvalue weighted by Crippen LogP contribution is -1.95. The van der Waals surface area contributed by atoms with Crippen molar-refractivity contribution >= 4 is 11.8 Å². The lowest BCUT2D eigenvalue weighted by atomic mass is 10.3. The molecule has 2 rings (SSSR count). The molecular formula is C11H10N4OS. The monoisotopic (exact) mass is 246 g/mol. The smallest absolute Gasteiger partial charge is 0.196 e. The van der Waals surface area contributed by atoms with Crippen LogP contribution in [-0.4, -0.2) is 27.6 Å². The van der Waals surface area contributed by atoms with E-state index in [4.69, 9.17) is 10.00 Å². The topological polar surface area (TPSA) is 63.7 Å². The van der Waals surface area contributed by atoms with Gasteiger partial charge in [0.05, 0.1) is 24.6 Å². The number of nitriles is 1. The van der Waals surface area contributed by atoms with E-state index in [1.165, 1.54) is 11.8 Å². The summed E-state index contributed by atoms with van der Waals surface area (Å²) >= 11 is 1.35. The van der Waals surface area contributed by atoms with Gasteiger partial charge in [0.2, 0.25) is 0 Å². The summed E-state index contributed by atoms with van der Waals surface area (Å²) in [5, 5.41) is 17.1. The molecular weight excluding hydrogens is 236 g/mol. The van der Waals surface area contributed by atoms with Crippen LogP contribution < -0.4 is 4.74 Å². The molecule has 6 heteroatoms. The van der Waals surface area contributed by atoms with E-state index in [1.807, 2.05) is 28.8 Å². The summed E-state index contributed by atoms with van der Waals surface area (Å²) in [6.45, 7) is 0. The third-order valence-electron chi connectivity index (χ3n) is 2.11. The van der Waals surface area contributed by atoms with Gasteiger partial charge in [0.1, 0.15) is 12.1 Å². The third kappa shape index (κ3) is 2.57. The van der Waals surface area contributed by atoms with E-state index < -0.39 is 0 Å². The van der Waals surface area contributed by atoms with Crippen LogP contribution in [0.25, 0.3) is 5.69 Å². The number of rotatable bonds is 4. The van der Waals surface area contributed by atoms with Gasteiger partial charge in [-0.3, -0.25) is 4.57 Å². The molecule has 0 unspecified atom stereocenters. The highest BCUT2D eigenvalue weighted by Crippen LogP contribution is 2.21. The first-order chi connectivity index (χ1) is 8.35. The summed E-state index contributed by atoms with van der Waals surface area (Å²) in [5.41, 5.74) is 0.912. The Morgan fingerprint density at radius 1 is 1.53 bits per heavy atom. The van der Waals surface area contributed by atoms with Gasteiger partial charge in [-0.1, -0.05) is 17.8 Å². The predicted octanol–water partition coefficient (Wildman–Crippen LogP) is 1.89. The maximum Gasteiger partial charge on any atom is 0.196 e. The number of benzene rings is 1. The number of ether oxygens (including phenoxy) is 1. The number of aromatic nitrogens is 3. The maximum absolute atomic E-state index is 8.56. The fourth-order valence-electron chi connectivity index (χ4n) is 1.36. The number of hydrogen-bond donors (Lipinski definition) is 0. The summed E-state index contributed by atoms with van der Waals surface area (Å²) in [4.78, 5) is 0. The van der Waals surface area contributed by atoms with Gasteiger partial charge in [0.15, 0.2) is 5.16 Å². The quantitative estimate of drug-likeness (QED) is 0.771. The third-order valence-corrected chi connectivity index (χ3v) is 2.92. The SMILES string of the molecule is COc1cccc(-n2cnnc2SCC#N)c1. The second-order valence-corrected chi connectivity index (χ2v) is 4.07. The molecule has 1 heterocycles. The van der Waals surface area contributed by atoms with Crippen molar-refractivity contribution in [3.05, 3.63) is 30.6 Å². The molecule has 0 aliphatic rings. The lowest BCUT2D eigenvalue weighted by Gasteiger charge is -2.06. The van der Waals surface area contributed by atoms with E-state index >= 15 is 0 Å². The summed E-state index contributed by atoms with van der Waals surface area (Å²) in [5.74, 6) is 1.12. The van der Waals surface area contributed by atoms with Gasteiger partial charge >= 0.3 is 0 Å². The Morgan fingerprint density at radius 3 is 3.18 bits per heavy atom. The fraction of sp³-hybridized carbons (Fsp3) is 0.182. The predicted molar refractivity (Wildman–Crippen MR) is 64.2 cm³/mol. The van der Waals surface area contributed by atoms with Crippen LogP contribution in [0.15, 0.2) is 35.7 Å². The standard InChI is InChI=1S/C11H10N4OS/c1-16-10-4-2-3-9(7-10)15-8-13-14-11(15)17-6-5-12/h2-4,7-8H,6H2,1H3. The average Bonchev–Trinajstić information content (AvgIpc) is 2.84. The molecule has 1 aromatic carbocycles. The molecule has 0 amide bonds. The van der Waals surface area contributed by atoms with Crippen LogP contribution in [0.1, 0.15) is 0 Å². The molecule has 5 nitrogen and oxygen atoms in total. The van der Waals surface area contributed by atoms with Crippen molar-refractivity contribution in [2.75, 3.05) is 12.9 Å². The number of nitrogens with zero attached hydrogens (tertiary/aromatic N) is 4. The minimum Gasteiger partial charge on any atom is -0.497 e. The zero-order chi connectivity index (χ0) is 12.1. The molecule has 0 fully saturated rings. The zero-order valence-electron chi connectivity index (χ0n) is 9.20. The van der Waals surface area contributed by atoms with Crippen LogP contribution in [0.4, 0.5) is 0 Å². The number of methoxy groups -OCH3 is 1. The summed E-state index contributed by atoms with van der Waals surface area (Å²) in [6.07, 6.45) is 1.62. The highest BCUT2D eigenvalue weighted by molar-refractivity contribution is 7.99. The molecule has 86 valence electrons. The van der Waals surface area contributed by atoms with Crippen molar-refractivity contribution in [3.63, 3.8) is 0 Å². The maximum atomic E-state index is 8.56. The van der Waals surface area contributed by atoms with Crippen molar-refractivity contribution in [1.82, 2.24) is 14.8 Å². The second kappa shape index (κ2) is 5.37. The molecule has 0 aliphatic heterocycles. The molecule has 0 saturated heterocycles. The molecule has 0 radical (unpaired) electrons. The molecule has 1 aromatic heterocycles. The van der Waals surface area contributed by atoms with E-state index in [2.05, 4.69) is 16.3 Å². The number of hydrogen-bond acceptors (Lipinski definition) is 5. The van der Waals surface area contributed by atoms with Crippen molar-refractivity contribution in [1.29, 1.82) is 5.26 Å². The molecule has 0 atom stereocenters. The molecule has 0 aliphatic carbocycles. The first-order valence-corrected chi connectivity index (χ1v) is 5.88. The van der Waals surface area contributed by atoms with Crippen LogP contribution in [0.3, 0.4) is 0 Å². The fourth-order valence-corrected chi connectivity index (χ4v) is 1.95. The van der Waals surface area contributed by atoms with Gasteiger partial charge in [-0.15, -0.1) is 10.2 Å². The first kappa shape index (κ1) is 11.5. The van der Waals surface area contributed by atoms with E-state index in [1.54, 1.807) is 13.4 Å². The van der Waals surface area contributed by atoms with Crippen molar-refractivity contribution < 1.29 is 4.74 Å². The molecule has 2 aromatic rings. The van der Waals surface area contributed by atoms with Gasteiger partial charge in [-0.2, -0.15) is 5.26 Å². The lowest BCUT2D eigenvalue weighted by molar-refractivity contribution is 0.414. The first-order valence-electron chi connectivity index (χ1n) is 4.89. The van der Waals surface area contributed by atoms with Gasteiger partial charge in [-0.25, -0.2) is 0 Å². The molecule has 0 N–H and O–H groups in total. The molecule has 0 bridgehead atoms. The summed E-state index contributed by atoms with van der Waals surface area (Å²) in [6, 6.07) is 9.65. The van der Waals surface area contributed by atoms with Crippen molar-refractivity contribution in [2.24, 2.45) is 0 Å². The Bertz CT molecular complexity index is 546. The molecule has 0 spiro atoms. The van der Waals surface area contributed by atoms with Crippen LogP contribution in [-0.2, 0) is 0 Å². The van der Waals surface area contributed by atoms with Gasteiger partial charge in [0.25, 0.3) is 0 Å².